The molecule has 198 valence electrons. The Kier molecular flexibility index (Phi) is 6.00. The van der Waals surface area contributed by atoms with Crippen molar-refractivity contribution in [2.24, 2.45) is 5.73 Å². The lowest BCUT2D eigenvalue weighted by atomic mass is 9.73. The molecular weight excluding hydrogens is 514 g/mol. The molecule has 0 bridgehead atoms. The first kappa shape index (κ1) is 24.9. The molecule has 38 heavy (non-hydrogen) atoms. The number of halogens is 3. The van der Waals surface area contributed by atoms with E-state index < -0.39 is 29.1 Å². The Bertz CT molecular complexity index is 1460. The summed E-state index contributed by atoms with van der Waals surface area (Å²) in [6.45, 7) is 4.69. The Labute approximate surface area is 224 Å². The predicted molar refractivity (Wildman–Crippen MR) is 139 cm³/mol. The Morgan fingerprint density at radius 1 is 1.13 bits per heavy atom. The van der Waals surface area contributed by atoms with Crippen molar-refractivity contribution in [2.45, 2.75) is 44.2 Å². The zero-order valence-electron chi connectivity index (χ0n) is 21.0. The van der Waals surface area contributed by atoms with Crippen molar-refractivity contribution in [3.8, 4) is 28.4 Å². The Morgan fingerprint density at radius 2 is 1.84 bits per heavy atom. The summed E-state index contributed by atoms with van der Waals surface area (Å²) in [5.74, 6) is -2.77. The van der Waals surface area contributed by atoms with Gasteiger partial charge in [-0.05, 0) is 31.9 Å². The van der Waals surface area contributed by atoms with Gasteiger partial charge < -0.3 is 25.3 Å². The third kappa shape index (κ3) is 3.43. The zero-order valence-corrected chi connectivity index (χ0v) is 21.8. The number of carbonyl (C=O) groups excluding carboxylic acids is 1. The molecule has 3 aliphatic rings. The van der Waals surface area contributed by atoms with Gasteiger partial charge in [0.2, 0.25) is 5.91 Å². The summed E-state index contributed by atoms with van der Waals surface area (Å²) in [5.41, 5.74) is 6.27. The van der Waals surface area contributed by atoms with Crippen molar-refractivity contribution in [1.29, 1.82) is 0 Å². The van der Waals surface area contributed by atoms with Crippen molar-refractivity contribution in [1.82, 2.24) is 5.32 Å². The summed E-state index contributed by atoms with van der Waals surface area (Å²) in [7, 11) is 0. The number of rotatable bonds is 4. The van der Waals surface area contributed by atoms with Crippen LogP contribution in [0.3, 0.4) is 0 Å². The molecule has 1 amide bonds. The van der Waals surface area contributed by atoms with Crippen LogP contribution in [0, 0.1) is 18.6 Å². The molecule has 9 heteroatoms. The summed E-state index contributed by atoms with van der Waals surface area (Å²) in [6, 6.07) is 10.9. The van der Waals surface area contributed by atoms with Gasteiger partial charge in [-0.15, -0.1) is 0 Å². The summed E-state index contributed by atoms with van der Waals surface area (Å²) < 4.78 is 49.7. The lowest BCUT2D eigenvalue weighted by molar-refractivity contribution is 0.0333. The second kappa shape index (κ2) is 9.13. The van der Waals surface area contributed by atoms with Crippen LogP contribution in [0.4, 0.5) is 8.78 Å². The smallest absolute Gasteiger partial charge is 0.249 e. The number of amides is 1. The molecule has 3 N–H and O–H groups in total. The maximum atomic E-state index is 16.3. The van der Waals surface area contributed by atoms with Crippen LogP contribution in [-0.2, 0) is 5.60 Å². The van der Waals surface area contributed by atoms with E-state index in [2.05, 4.69) is 5.32 Å². The second-order valence-corrected chi connectivity index (χ2v) is 10.4. The van der Waals surface area contributed by atoms with Crippen molar-refractivity contribution in [3.63, 3.8) is 0 Å². The van der Waals surface area contributed by atoms with Crippen molar-refractivity contribution < 1.29 is 27.8 Å². The van der Waals surface area contributed by atoms with E-state index in [4.69, 9.17) is 31.5 Å². The molecule has 3 aliphatic heterocycles. The molecule has 1 saturated heterocycles. The van der Waals surface area contributed by atoms with E-state index in [1.807, 2.05) is 37.3 Å². The van der Waals surface area contributed by atoms with E-state index in [-0.39, 0.29) is 58.2 Å². The fourth-order valence-corrected chi connectivity index (χ4v) is 6.67. The molecule has 0 aliphatic carbocycles. The molecule has 6 rings (SSSR count). The SMILES string of the molecule is Cc1c2c(c(F)c(-c3c(Cl)c(F)cc4c3[C@H](C)[C@](c3ccccc3)([C@@H]3CCCN3)O4)c1C(N)=O)OCCO2. The highest BCUT2D eigenvalue weighted by atomic mass is 35.5. The molecule has 0 radical (unpaired) electrons. The predicted octanol–water partition coefficient (Wildman–Crippen LogP) is 5.61. The first-order valence-corrected chi connectivity index (χ1v) is 13.1. The zero-order chi connectivity index (χ0) is 26.8. The van der Waals surface area contributed by atoms with Gasteiger partial charge in [0, 0.05) is 34.2 Å². The van der Waals surface area contributed by atoms with Crippen LogP contribution in [0.25, 0.3) is 11.1 Å². The summed E-state index contributed by atoms with van der Waals surface area (Å²) >= 11 is 6.62. The third-order valence-electron chi connectivity index (χ3n) is 8.04. The standard InChI is InChI=1S/C29H27ClF2N2O4/c1-14-20(28(33)35)23(25(32)27-26(14)36-11-12-37-27)22-21-15(2)29(19-9-6-10-34-19,16-7-4-3-5-8-16)38-18(21)13-17(31)24(22)30/h3-5,7-8,13,15,19,34H,6,9-12H2,1-2H3,(H2,33,35)/t15-,19-,29-/m0/s1. The van der Waals surface area contributed by atoms with E-state index in [0.717, 1.165) is 24.9 Å². The van der Waals surface area contributed by atoms with E-state index in [9.17, 15) is 4.79 Å². The molecule has 0 saturated carbocycles. The van der Waals surface area contributed by atoms with Crippen LogP contribution in [-0.4, -0.2) is 31.7 Å². The number of primary amides is 1. The average molecular weight is 541 g/mol. The largest absolute Gasteiger partial charge is 0.486 e. The van der Waals surface area contributed by atoms with Gasteiger partial charge in [0.05, 0.1) is 16.6 Å². The quantitative estimate of drug-likeness (QED) is 0.450. The van der Waals surface area contributed by atoms with Gasteiger partial charge in [-0.1, -0.05) is 48.9 Å². The topological polar surface area (TPSA) is 82.8 Å². The first-order chi connectivity index (χ1) is 18.3. The van der Waals surface area contributed by atoms with Crippen LogP contribution in [0.2, 0.25) is 5.02 Å². The molecule has 3 aromatic carbocycles. The number of fused-ring (bicyclic) bond motifs is 2. The lowest BCUT2D eigenvalue weighted by Gasteiger charge is -2.39. The molecule has 6 nitrogen and oxygen atoms in total. The van der Waals surface area contributed by atoms with Gasteiger partial charge in [0.25, 0.3) is 0 Å². The van der Waals surface area contributed by atoms with Crippen molar-refractivity contribution in [2.75, 3.05) is 19.8 Å². The normalized spacial score (nSPS) is 23.7. The maximum absolute atomic E-state index is 16.3. The van der Waals surface area contributed by atoms with Gasteiger partial charge in [0.15, 0.2) is 22.9 Å². The Hall–Kier alpha value is -3.36. The van der Waals surface area contributed by atoms with Gasteiger partial charge >= 0.3 is 0 Å². The molecule has 3 aromatic rings. The van der Waals surface area contributed by atoms with E-state index in [0.29, 0.717) is 11.1 Å². The molecule has 0 spiro atoms. The maximum Gasteiger partial charge on any atom is 0.249 e. The molecule has 3 atom stereocenters. The number of hydrogen-bond acceptors (Lipinski definition) is 5. The third-order valence-corrected chi connectivity index (χ3v) is 8.41. The minimum absolute atomic E-state index is 0.0383. The summed E-state index contributed by atoms with van der Waals surface area (Å²) in [6.07, 6.45) is 1.79. The van der Waals surface area contributed by atoms with E-state index in [1.165, 1.54) is 6.07 Å². The van der Waals surface area contributed by atoms with Gasteiger partial charge in [-0.3, -0.25) is 4.79 Å². The summed E-state index contributed by atoms with van der Waals surface area (Å²) in [5, 5.41) is 3.23. The van der Waals surface area contributed by atoms with Gasteiger partial charge in [-0.2, -0.15) is 0 Å². The van der Waals surface area contributed by atoms with Crippen LogP contribution in [0.15, 0.2) is 36.4 Å². The summed E-state index contributed by atoms with van der Waals surface area (Å²) in [4.78, 5) is 12.8. The molecular formula is C29H27ClF2N2O4. The van der Waals surface area contributed by atoms with E-state index >= 15 is 8.78 Å². The highest BCUT2D eigenvalue weighted by Gasteiger charge is 2.55. The molecule has 0 unspecified atom stereocenters. The van der Waals surface area contributed by atoms with Crippen LogP contribution < -0.4 is 25.3 Å². The lowest BCUT2D eigenvalue weighted by Crippen LogP contribution is -2.50. The minimum Gasteiger partial charge on any atom is -0.486 e. The van der Waals surface area contributed by atoms with Crippen molar-refractivity contribution >= 4 is 17.5 Å². The highest BCUT2D eigenvalue weighted by molar-refractivity contribution is 6.34. The van der Waals surface area contributed by atoms with Crippen LogP contribution in [0.1, 0.15) is 52.7 Å². The molecule has 3 heterocycles. The number of nitrogens with one attached hydrogen (secondary N) is 1. The molecule has 0 aromatic heterocycles. The highest BCUT2D eigenvalue weighted by Crippen LogP contribution is 2.59. The van der Waals surface area contributed by atoms with E-state index in [1.54, 1.807) is 6.92 Å². The number of ether oxygens (including phenoxy) is 3. The molecule has 1 fully saturated rings. The van der Waals surface area contributed by atoms with Crippen molar-refractivity contribution in [3.05, 3.63) is 75.3 Å². The average Bonchev–Trinajstić information content (AvgIpc) is 3.55. The number of nitrogens with two attached hydrogens (primary N) is 1. The number of hydrogen-bond donors (Lipinski definition) is 2. The van der Waals surface area contributed by atoms with Gasteiger partial charge in [0.1, 0.15) is 24.8 Å². The Morgan fingerprint density at radius 3 is 2.50 bits per heavy atom. The minimum atomic E-state index is -0.918. The van der Waals surface area contributed by atoms with Gasteiger partial charge in [-0.25, -0.2) is 8.78 Å². The fourth-order valence-electron chi connectivity index (χ4n) is 6.42. The Balaban J connectivity index is 1.67. The van der Waals surface area contributed by atoms with Crippen LogP contribution in [0.5, 0.6) is 17.2 Å². The number of benzene rings is 3. The fraction of sp³-hybridized carbons (Fsp3) is 0.345. The monoisotopic (exact) mass is 540 g/mol. The van der Waals surface area contributed by atoms with Crippen LogP contribution >= 0.6 is 11.6 Å². The number of carbonyl (C=O) groups is 1. The second-order valence-electron chi connectivity index (χ2n) is 10.00. The first-order valence-electron chi connectivity index (χ1n) is 12.7.